The number of aliphatic hydroxyl groups excluding tert-OH is 2. The quantitative estimate of drug-likeness (QED) is 0.537. The normalized spacial score (nSPS) is 19.3. The minimum atomic E-state index is -4.55. The molecule has 32 heavy (non-hydrogen) atoms. The first-order valence-corrected chi connectivity index (χ1v) is 10.5. The number of halogens is 3. The number of carbonyl (C=O) groups excluding carboxylic acids is 1. The second kappa shape index (κ2) is 8.91. The molecule has 2 aromatic carbocycles. The maximum atomic E-state index is 13.1. The van der Waals surface area contributed by atoms with Gasteiger partial charge in [-0.25, -0.2) is 4.98 Å². The van der Waals surface area contributed by atoms with E-state index in [-0.39, 0.29) is 36.7 Å². The van der Waals surface area contributed by atoms with Crippen LogP contribution in [0.5, 0.6) is 0 Å². The number of alkyl halides is 3. The number of nitrogens with zero attached hydrogens (tertiary/aromatic N) is 2. The molecule has 0 aliphatic heterocycles. The van der Waals surface area contributed by atoms with E-state index in [0.717, 1.165) is 43.3 Å². The number of carbonyl (C=O) groups is 1. The molecule has 170 valence electrons. The molecule has 1 saturated carbocycles. The summed E-state index contributed by atoms with van der Waals surface area (Å²) in [7, 11) is 0. The van der Waals surface area contributed by atoms with Crippen LogP contribution in [-0.2, 0) is 12.8 Å². The molecule has 1 fully saturated rings. The summed E-state index contributed by atoms with van der Waals surface area (Å²) < 4.78 is 41.0. The molecule has 1 aliphatic rings. The van der Waals surface area contributed by atoms with Gasteiger partial charge in [0.15, 0.2) is 0 Å². The number of nitrogens with one attached hydrogen (secondary N) is 1. The lowest BCUT2D eigenvalue weighted by molar-refractivity contribution is -0.137. The number of imidazole rings is 1. The first-order chi connectivity index (χ1) is 15.3. The Kier molecular flexibility index (Phi) is 6.21. The van der Waals surface area contributed by atoms with E-state index in [1.807, 2.05) is 4.57 Å². The molecular formula is C23H24F3N3O3. The average molecular weight is 447 g/mol. The van der Waals surface area contributed by atoms with E-state index in [2.05, 4.69) is 10.3 Å². The number of amides is 1. The third-order valence-corrected chi connectivity index (χ3v) is 6.05. The minimum Gasteiger partial charge on any atom is -0.396 e. The van der Waals surface area contributed by atoms with Crippen LogP contribution < -0.4 is 5.32 Å². The van der Waals surface area contributed by atoms with Gasteiger partial charge in [0, 0.05) is 18.2 Å². The predicted octanol–water partition coefficient (Wildman–Crippen LogP) is 4.52. The van der Waals surface area contributed by atoms with Gasteiger partial charge >= 0.3 is 6.18 Å². The number of fused-ring (bicyclic) bond motifs is 1. The molecule has 0 unspecified atom stereocenters. The maximum absolute atomic E-state index is 13.1. The van der Waals surface area contributed by atoms with Gasteiger partial charge in [0.25, 0.3) is 5.91 Å². The molecule has 1 amide bonds. The lowest BCUT2D eigenvalue weighted by atomic mass is 9.86. The Bertz CT molecular complexity index is 1120. The van der Waals surface area contributed by atoms with Gasteiger partial charge in [0.05, 0.1) is 23.2 Å². The Morgan fingerprint density at radius 1 is 1.09 bits per heavy atom. The highest BCUT2D eigenvalue weighted by Crippen LogP contribution is 2.37. The smallest absolute Gasteiger partial charge is 0.396 e. The van der Waals surface area contributed by atoms with Crippen molar-refractivity contribution >= 4 is 22.9 Å². The largest absolute Gasteiger partial charge is 0.416 e. The van der Waals surface area contributed by atoms with Crippen LogP contribution in [0.25, 0.3) is 11.0 Å². The van der Waals surface area contributed by atoms with Crippen LogP contribution in [0.15, 0.2) is 42.5 Å². The number of hydrogen-bond acceptors (Lipinski definition) is 4. The molecule has 0 spiro atoms. The van der Waals surface area contributed by atoms with Crippen molar-refractivity contribution in [1.29, 1.82) is 0 Å². The summed E-state index contributed by atoms with van der Waals surface area (Å²) >= 11 is 0. The predicted molar refractivity (Wildman–Crippen MR) is 113 cm³/mol. The molecule has 1 aliphatic carbocycles. The average Bonchev–Trinajstić information content (AvgIpc) is 3.15. The van der Waals surface area contributed by atoms with Crippen LogP contribution in [0.4, 0.5) is 19.1 Å². The number of rotatable bonds is 5. The molecule has 0 atom stereocenters. The SMILES string of the molecule is O=C(Nc1nc2ccc(CO)cc2n1[C@H]1CC[C@@H](CO)CC1)c1cccc(C(F)(F)F)c1. The fraction of sp³-hybridized carbons (Fsp3) is 0.391. The summed E-state index contributed by atoms with van der Waals surface area (Å²) in [5.41, 5.74) is 1.04. The Morgan fingerprint density at radius 2 is 1.84 bits per heavy atom. The Labute approximate surface area is 182 Å². The number of benzene rings is 2. The zero-order valence-corrected chi connectivity index (χ0v) is 17.3. The van der Waals surface area contributed by atoms with Crippen molar-refractivity contribution in [2.45, 2.75) is 44.5 Å². The second-order valence-corrected chi connectivity index (χ2v) is 8.18. The lowest BCUT2D eigenvalue weighted by Crippen LogP contribution is -2.23. The third-order valence-electron chi connectivity index (χ3n) is 6.05. The van der Waals surface area contributed by atoms with E-state index in [9.17, 15) is 28.2 Å². The summed E-state index contributed by atoms with van der Waals surface area (Å²) in [6.07, 6.45) is -1.36. The molecule has 4 rings (SSSR count). The standard InChI is InChI=1S/C23H24F3N3O3/c24-23(25,26)17-3-1-2-16(11-17)21(32)28-22-27-19-9-6-15(13-31)10-20(19)29(22)18-7-4-14(12-30)5-8-18/h1-3,6,9-11,14,18,30-31H,4-5,7-8,12-13H2,(H,27,28,32)/t14-,18+. The first kappa shape index (κ1) is 22.3. The van der Waals surface area contributed by atoms with E-state index < -0.39 is 17.6 Å². The number of aliphatic hydroxyl groups is 2. The highest BCUT2D eigenvalue weighted by molar-refractivity contribution is 6.04. The van der Waals surface area contributed by atoms with Crippen molar-refractivity contribution in [2.24, 2.45) is 5.92 Å². The fourth-order valence-corrected chi connectivity index (χ4v) is 4.29. The summed E-state index contributed by atoms with van der Waals surface area (Å²) in [5, 5.41) is 21.7. The van der Waals surface area contributed by atoms with E-state index in [4.69, 9.17) is 0 Å². The van der Waals surface area contributed by atoms with Crippen molar-refractivity contribution in [2.75, 3.05) is 11.9 Å². The van der Waals surface area contributed by atoms with Crippen LogP contribution >= 0.6 is 0 Å². The van der Waals surface area contributed by atoms with Gasteiger partial charge in [-0.3, -0.25) is 10.1 Å². The topological polar surface area (TPSA) is 87.4 Å². The van der Waals surface area contributed by atoms with Crippen LogP contribution in [0.1, 0.15) is 53.2 Å². The molecule has 1 aromatic heterocycles. The first-order valence-electron chi connectivity index (χ1n) is 10.5. The Balaban J connectivity index is 1.70. The van der Waals surface area contributed by atoms with E-state index in [0.29, 0.717) is 11.1 Å². The van der Waals surface area contributed by atoms with Gasteiger partial charge < -0.3 is 14.8 Å². The number of hydrogen-bond donors (Lipinski definition) is 3. The summed E-state index contributed by atoms with van der Waals surface area (Å²) in [6, 6.07) is 9.56. The number of aromatic nitrogens is 2. The van der Waals surface area contributed by atoms with Crippen LogP contribution in [0.3, 0.4) is 0 Å². The van der Waals surface area contributed by atoms with Crippen LogP contribution in [0, 0.1) is 5.92 Å². The van der Waals surface area contributed by atoms with E-state index in [1.165, 1.54) is 12.1 Å². The molecule has 9 heteroatoms. The zero-order chi connectivity index (χ0) is 22.9. The van der Waals surface area contributed by atoms with E-state index >= 15 is 0 Å². The summed E-state index contributed by atoms with van der Waals surface area (Å²) in [6.45, 7) is -0.0184. The lowest BCUT2D eigenvalue weighted by Gasteiger charge is -2.29. The van der Waals surface area contributed by atoms with Gasteiger partial charge in [0.2, 0.25) is 5.95 Å². The molecule has 1 heterocycles. The Hall–Kier alpha value is -2.91. The second-order valence-electron chi connectivity index (χ2n) is 8.18. The van der Waals surface area contributed by atoms with Gasteiger partial charge in [0.1, 0.15) is 0 Å². The highest BCUT2D eigenvalue weighted by Gasteiger charge is 2.31. The molecular weight excluding hydrogens is 423 g/mol. The maximum Gasteiger partial charge on any atom is 0.416 e. The summed E-state index contributed by atoms with van der Waals surface area (Å²) in [4.78, 5) is 17.3. The van der Waals surface area contributed by atoms with Crippen LogP contribution in [-0.4, -0.2) is 32.3 Å². The highest BCUT2D eigenvalue weighted by atomic mass is 19.4. The molecule has 3 N–H and O–H groups in total. The van der Waals surface area contributed by atoms with Gasteiger partial charge in [-0.05, 0) is 67.5 Å². The van der Waals surface area contributed by atoms with Crippen LogP contribution in [0.2, 0.25) is 0 Å². The number of anilines is 1. The van der Waals surface area contributed by atoms with Gasteiger partial charge in [-0.2, -0.15) is 13.2 Å². The van der Waals surface area contributed by atoms with Crippen molar-refractivity contribution in [1.82, 2.24) is 9.55 Å². The van der Waals surface area contributed by atoms with E-state index in [1.54, 1.807) is 18.2 Å². The summed E-state index contributed by atoms with van der Waals surface area (Å²) in [5.74, 6) is -0.193. The zero-order valence-electron chi connectivity index (χ0n) is 17.3. The van der Waals surface area contributed by atoms with Crippen molar-refractivity contribution in [3.63, 3.8) is 0 Å². The molecule has 0 bridgehead atoms. The molecule has 0 radical (unpaired) electrons. The van der Waals surface area contributed by atoms with Gasteiger partial charge in [-0.15, -0.1) is 0 Å². The molecule has 0 saturated heterocycles. The molecule has 3 aromatic rings. The van der Waals surface area contributed by atoms with Crippen molar-refractivity contribution in [3.05, 3.63) is 59.2 Å². The fourth-order valence-electron chi connectivity index (χ4n) is 4.29. The van der Waals surface area contributed by atoms with Gasteiger partial charge in [-0.1, -0.05) is 12.1 Å². The monoisotopic (exact) mass is 447 g/mol. The van der Waals surface area contributed by atoms with Crippen molar-refractivity contribution in [3.8, 4) is 0 Å². The Morgan fingerprint density at radius 3 is 2.50 bits per heavy atom. The minimum absolute atomic E-state index is 0.00792. The third kappa shape index (κ3) is 4.49. The van der Waals surface area contributed by atoms with Crippen molar-refractivity contribution < 1.29 is 28.2 Å². The molecule has 6 nitrogen and oxygen atoms in total.